The fourth-order valence-corrected chi connectivity index (χ4v) is 2.10. The van der Waals surface area contributed by atoms with E-state index < -0.39 is 0 Å². The third-order valence-corrected chi connectivity index (χ3v) is 3.08. The zero-order valence-corrected chi connectivity index (χ0v) is 5.07. The van der Waals surface area contributed by atoms with E-state index in [4.69, 9.17) is 0 Å². The third kappa shape index (κ3) is 0.266. The zero-order valence-electron chi connectivity index (χ0n) is 5.07. The lowest BCUT2D eigenvalue weighted by Gasteiger charge is -2.04. The van der Waals surface area contributed by atoms with Crippen molar-refractivity contribution >= 4 is 0 Å². The lowest BCUT2D eigenvalue weighted by molar-refractivity contribution is 0.468. The van der Waals surface area contributed by atoms with Gasteiger partial charge in [-0.1, -0.05) is 13.8 Å². The second kappa shape index (κ2) is 0.765. The average molecular weight is 96.2 g/mol. The molecule has 2 atom stereocenters. The van der Waals surface area contributed by atoms with Crippen LogP contribution in [0.3, 0.4) is 0 Å². The predicted octanol–water partition coefficient (Wildman–Crippen LogP) is 2.05. The smallest absolute Gasteiger partial charge is 0.0292 e. The maximum atomic E-state index is 2.40. The van der Waals surface area contributed by atoms with Gasteiger partial charge in [-0.2, -0.15) is 0 Å². The quantitative estimate of drug-likeness (QED) is 0.433. The Labute approximate surface area is 44.9 Å². The van der Waals surface area contributed by atoms with Crippen molar-refractivity contribution in [2.75, 3.05) is 0 Å². The minimum absolute atomic E-state index is 0.778. The molecule has 0 radical (unpaired) electrons. The first kappa shape index (κ1) is 3.94. The minimum Gasteiger partial charge on any atom is -0.0594 e. The molecule has 40 valence electrons. The van der Waals surface area contributed by atoms with Crippen LogP contribution in [0.15, 0.2) is 0 Å². The average Bonchev–Trinajstić information content (AvgIpc) is 1.52. The van der Waals surface area contributed by atoms with Gasteiger partial charge < -0.3 is 0 Å². The molecule has 0 nitrogen and oxygen atoms in total. The van der Waals surface area contributed by atoms with Crippen molar-refractivity contribution in [2.24, 2.45) is 17.3 Å². The number of hydrogen-bond acceptors (Lipinski definition) is 0. The summed E-state index contributed by atoms with van der Waals surface area (Å²) in [6.45, 7) is 4.80. The molecule has 0 heterocycles. The van der Waals surface area contributed by atoms with Crippen LogP contribution in [0.4, 0.5) is 0 Å². The molecule has 0 heteroatoms. The first-order valence-electron chi connectivity index (χ1n) is 3.23. The topological polar surface area (TPSA) is 0 Å². The van der Waals surface area contributed by atoms with Crippen molar-refractivity contribution in [2.45, 2.75) is 26.7 Å². The third-order valence-electron chi connectivity index (χ3n) is 3.08. The van der Waals surface area contributed by atoms with Crippen LogP contribution in [-0.4, -0.2) is 0 Å². The van der Waals surface area contributed by atoms with E-state index >= 15 is 0 Å². The molecule has 0 spiro atoms. The van der Waals surface area contributed by atoms with Crippen LogP contribution in [0.25, 0.3) is 0 Å². The fourth-order valence-electron chi connectivity index (χ4n) is 2.10. The summed E-state index contributed by atoms with van der Waals surface area (Å²) < 4.78 is 0. The molecule has 0 N–H and O–H groups in total. The monoisotopic (exact) mass is 96.1 g/mol. The molecule has 0 aliphatic heterocycles. The highest BCUT2D eigenvalue weighted by atomic mass is 14.7. The van der Waals surface area contributed by atoms with Crippen LogP contribution >= 0.6 is 0 Å². The summed E-state index contributed by atoms with van der Waals surface area (Å²) in [5.74, 6) is 2.29. The second-order valence-corrected chi connectivity index (χ2v) is 3.61. The molecule has 0 saturated heterocycles. The lowest BCUT2D eigenvalue weighted by Crippen LogP contribution is -1.93. The maximum absolute atomic E-state index is 2.40. The molecular formula is C7H12. The van der Waals surface area contributed by atoms with E-state index in [1.54, 1.807) is 0 Å². The molecule has 2 aliphatic rings. The van der Waals surface area contributed by atoms with Gasteiger partial charge in [0.25, 0.3) is 0 Å². The van der Waals surface area contributed by atoms with Crippen molar-refractivity contribution in [1.82, 2.24) is 0 Å². The van der Waals surface area contributed by atoms with Crippen molar-refractivity contribution in [3.05, 3.63) is 0 Å². The van der Waals surface area contributed by atoms with E-state index in [1.807, 2.05) is 0 Å². The summed E-state index contributed by atoms with van der Waals surface area (Å²) in [5, 5.41) is 0. The SMILES string of the molecule is CC1(C)C2CCC21. The zero-order chi connectivity index (χ0) is 5.07. The van der Waals surface area contributed by atoms with E-state index in [0.717, 1.165) is 17.3 Å². The molecule has 2 unspecified atom stereocenters. The van der Waals surface area contributed by atoms with Crippen LogP contribution in [0, 0.1) is 17.3 Å². The van der Waals surface area contributed by atoms with Gasteiger partial charge in [0, 0.05) is 0 Å². The van der Waals surface area contributed by atoms with E-state index in [2.05, 4.69) is 13.8 Å². The molecule has 0 aromatic rings. The van der Waals surface area contributed by atoms with Crippen LogP contribution < -0.4 is 0 Å². The summed E-state index contributed by atoms with van der Waals surface area (Å²) in [6.07, 6.45) is 3.05. The predicted molar refractivity (Wildman–Crippen MR) is 30.0 cm³/mol. The number of rotatable bonds is 0. The number of hydrogen-bond donors (Lipinski definition) is 0. The molecule has 0 amide bonds. The minimum atomic E-state index is 0.778. The van der Waals surface area contributed by atoms with Crippen molar-refractivity contribution < 1.29 is 0 Å². The Balaban J connectivity index is 2.18. The van der Waals surface area contributed by atoms with Gasteiger partial charge in [-0.15, -0.1) is 0 Å². The molecule has 2 aliphatic carbocycles. The molecule has 2 fully saturated rings. The van der Waals surface area contributed by atoms with Crippen molar-refractivity contribution in [3.8, 4) is 0 Å². The summed E-state index contributed by atoms with van der Waals surface area (Å²) in [5.41, 5.74) is 0.778. The second-order valence-electron chi connectivity index (χ2n) is 3.61. The Kier molecular flexibility index (Phi) is 0.430. The summed E-state index contributed by atoms with van der Waals surface area (Å²) in [7, 11) is 0. The largest absolute Gasteiger partial charge is 0.0594 e. The van der Waals surface area contributed by atoms with Gasteiger partial charge in [-0.3, -0.25) is 0 Å². The maximum Gasteiger partial charge on any atom is -0.0292 e. The summed E-state index contributed by atoms with van der Waals surface area (Å²) >= 11 is 0. The standard InChI is InChI=1S/C7H12/c1-7(2)5-3-4-6(5)7/h5-6H,3-4H2,1-2H3. The molecule has 0 bridgehead atoms. The highest BCUT2D eigenvalue weighted by Crippen LogP contribution is 2.70. The van der Waals surface area contributed by atoms with Gasteiger partial charge in [0.05, 0.1) is 0 Å². The fraction of sp³-hybridized carbons (Fsp3) is 1.00. The van der Waals surface area contributed by atoms with Crippen LogP contribution in [-0.2, 0) is 0 Å². The van der Waals surface area contributed by atoms with Crippen LogP contribution in [0.2, 0.25) is 0 Å². The lowest BCUT2D eigenvalue weighted by atomic mass is 10.0. The van der Waals surface area contributed by atoms with E-state index in [9.17, 15) is 0 Å². The van der Waals surface area contributed by atoms with E-state index in [-0.39, 0.29) is 0 Å². The van der Waals surface area contributed by atoms with Gasteiger partial charge in [0.15, 0.2) is 0 Å². The number of fused-ring (bicyclic) bond motifs is 1. The van der Waals surface area contributed by atoms with Crippen molar-refractivity contribution in [3.63, 3.8) is 0 Å². The molecule has 2 rings (SSSR count). The highest BCUT2D eigenvalue weighted by molar-refractivity contribution is 5.11. The van der Waals surface area contributed by atoms with Crippen molar-refractivity contribution in [1.29, 1.82) is 0 Å². The highest BCUT2D eigenvalue weighted by Gasteiger charge is 2.62. The normalized spacial score (nSPS) is 52.3. The van der Waals surface area contributed by atoms with Gasteiger partial charge in [0.2, 0.25) is 0 Å². The Morgan fingerprint density at radius 2 is 1.57 bits per heavy atom. The Hall–Kier alpha value is 0. The Morgan fingerprint density at radius 3 is 1.57 bits per heavy atom. The molecule has 2 saturated carbocycles. The molecule has 0 aromatic carbocycles. The summed E-state index contributed by atoms with van der Waals surface area (Å²) in [6, 6.07) is 0. The van der Waals surface area contributed by atoms with Gasteiger partial charge in [-0.05, 0) is 30.1 Å². The van der Waals surface area contributed by atoms with E-state index in [0.29, 0.717) is 0 Å². The van der Waals surface area contributed by atoms with Gasteiger partial charge in [-0.25, -0.2) is 0 Å². The van der Waals surface area contributed by atoms with Gasteiger partial charge in [0.1, 0.15) is 0 Å². The van der Waals surface area contributed by atoms with Crippen LogP contribution in [0.1, 0.15) is 26.7 Å². The molecule has 0 aromatic heterocycles. The van der Waals surface area contributed by atoms with Gasteiger partial charge >= 0.3 is 0 Å². The van der Waals surface area contributed by atoms with Crippen LogP contribution in [0.5, 0.6) is 0 Å². The Morgan fingerprint density at radius 1 is 1.14 bits per heavy atom. The summed E-state index contributed by atoms with van der Waals surface area (Å²) in [4.78, 5) is 0. The first-order chi connectivity index (χ1) is 3.23. The first-order valence-corrected chi connectivity index (χ1v) is 3.23. The molecular weight excluding hydrogens is 84.1 g/mol. The molecule has 7 heavy (non-hydrogen) atoms. The van der Waals surface area contributed by atoms with E-state index in [1.165, 1.54) is 12.8 Å². The Bertz CT molecular complexity index is 90.6.